The van der Waals surface area contributed by atoms with Crippen molar-refractivity contribution in [3.63, 3.8) is 0 Å². The number of carbonyl (C=O) groups excluding carboxylic acids is 1. The molecule has 0 aliphatic rings. The van der Waals surface area contributed by atoms with Crippen LogP contribution in [0.4, 0.5) is 0 Å². The van der Waals surface area contributed by atoms with Crippen molar-refractivity contribution in [1.82, 2.24) is 10.3 Å². The molecule has 0 spiro atoms. The number of aromatic nitrogens is 1. The van der Waals surface area contributed by atoms with E-state index in [-0.39, 0.29) is 11.9 Å². The summed E-state index contributed by atoms with van der Waals surface area (Å²) in [5.74, 6) is -0.0703. The highest BCUT2D eigenvalue weighted by Gasteiger charge is 2.40. The summed E-state index contributed by atoms with van der Waals surface area (Å²) >= 11 is 6.77. The summed E-state index contributed by atoms with van der Waals surface area (Å²) in [6.07, 6.45) is 3.11. The highest BCUT2D eigenvalue weighted by atomic mass is 32.1. The maximum Gasteiger partial charge on any atom is 0.233 e. The molecule has 0 bridgehead atoms. The molecule has 21 heavy (non-hydrogen) atoms. The monoisotopic (exact) mass is 327 g/mol. The average Bonchev–Trinajstić information content (AvgIpc) is 2.84. The molecule has 0 aliphatic carbocycles. The van der Waals surface area contributed by atoms with Gasteiger partial charge in [-0.15, -0.1) is 11.3 Å². The summed E-state index contributed by atoms with van der Waals surface area (Å²) in [4.78, 5) is 17.5. The largest absolute Gasteiger partial charge is 0.392 e. The summed E-state index contributed by atoms with van der Waals surface area (Å²) in [5.41, 5.74) is 6.16. The van der Waals surface area contributed by atoms with Gasteiger partial charge < -0.3 is 11.1 Å². The molecule has 6 heteroatoms. The van der Waals surface area contributed by atoms with Gasteiger partial charge in [-0.1, -0.05) is 38.9 Å². The Balaban J connectivity index is 2.92. The first-order valence-corrected chi connectivity index (χ1v) is 8.69. The molecule has 0 fully saturated rings. The Bertz CT molecular complexity index is 493. The number of nitrogens with zero attached hydrogens (tertiary/aromatic N) is 1. The van der Waals surface area contributed by atoms with Crippen LogP contribution in [0.3, 0.4) is 0 Å². The van der Waals surface area contributed by atoms with Crippen LogP contribution >= 0.6 is 23.6 Å². The minimum Gasteiger partial charge on any atom is -0.392 e. The molecule has 0 aromatic carbocycles. The molecule has 118 valence electrons. The van der Waals surface area contributed by atoms with E-state index in [0.717, 1.165) is 23.5 Å². The van der Waals surface area contributed by atoms with Crippen molar-refractivity contribution < 1.29 is 4.79 Å². The lowest BCUT2D eigenvalue weighted by molar-refractivity contribution is -0.128. The van der Waals surface area contributed by atoms with Crippen LogP contribution in [0.25, 0.3) is 0 Å². The number of thiocarbonyl (C=S) groups is 1. The molecule has 4 nitrogen and oxygen atoms in total. The number of nitrogens with two attached hydrogens (primary N) is 1. The van der Waals surface area contributed by atoms with Crippen molar-refractivity contribution >= 4 is 34.5 Å². The van der Waals surface area contributed by atoms with E-state index in [4.69, 9.17) is 18.0 Å². The van der Waals surface area contributed by atoms with Gasteiger partial charge in [0.05, 0.1) is 16.4 Å². The Morgan fingerprint density at radius 1 is 1.48 bits per heavy atom. The quantitative estimate of drug-likeness (QED) is 0.717. The third-order valence-electron chi connectivity index (χ3n) is 3.61. The molecular weight excluding hydrogens is 302 g/mol. The zero-order valence-electron chi connectivity index (χ0n) is 13.2. The number of amides is 1. The van der Waals surface area contributed by atoms with E-state index in [0.29, 0.717) is 17.8 Å². The topological polar surface area (TPSA) is 68.0 Å². The molecule has 1 amide bonds. The fraction of sp³-hybridized carbons (Fsp3) is 0.667. The Morgan fingerprint density at radius 2 is 2.05 bits per heavy atom. The van der Waals surface area contributed by atoms with Crippen LogP contribution in [0.5, 0.6) is 0 Å². The molecule has 1 aromatic heterocycles. The molecule has 1 atom stereocenters. The number of rotatable bonds is 8. The predicted octanol–water partition coefficient (Wildman–Crippen LogP) is 3.50. The fourth-order valence-electron chi connectivity index (χ4n) is 2.53. The zero-order chi connectivity index (χ0) is 16.0. The van der Waals surface area contributed by atoms with E-state index in [2.05, 4.69) is 10.3 Å². The number of thiazole rings is 1. The van der Waals surface area contributed by atoms with E-state index < -0.39 is 5.41 Å². The molecule has 1 aromatic rings. The van der Waals surface area contributed by atoms with E-state index in [1.165, 1.54) is 0 Å². The van der Waals surface area contributed by atoms with Gasteiger partial charge in [0.1, 0.15) is 5.01 Å². The van der Waals surface area contributed by atoms with Crippen molar-refractivity contribution in [2.45, 2.75) is 59.4 Å². The minimum atomic E-state index is -0.737. The number of hydrogen-bond donors (Lipinski definition) is 2. The molecule has 1 heterocycles. The van der Waals surface area contributed by atoms with Crippen LogP contribution in [0.2, 0.25) is 0 Å². The Labute approximate surface area is 136 Å². The second kappa shape index (κ2) is 7.84. The molecular formula is C15H25N3OS2. The smallest absolute Gasteiger partial charge is 0.233 e. The summed E-state index contributed by atoms with van der Waals surface area (Å²) in [5, 5.41) is 5.93. The third kappa shape index (κ3) is 4.23. The normalized spacial score (nSPS) is 13.0. The Kier molecular flexibility index (Phi) is 6.74. The highest BCUT2D eigenvalue weighted by Crippen LogP contribution is 2.32. The number of nitrogens with one attached hydrogen (secondary N) is 1. The first-order chi connectivity index (χ1) is 9.87. The van der Waals surface area contributed by atoms with Gasteiger partial charge in [0.2, 0.25) is 5.91 Å². The van der Waals surface area contributed by atoms with Gasteiger partial charge in [-0.25, -0.2) is 4.98 Å². The molecule has 0 saturated heterocycles. The number of hydrogen-bond acceptors (Lipinski definition) is 4. The SMILES string of the molecule is CCCC(CCC)(C(=O)NC(C)c1nc(C)cs1)C(N)=S. The van der Waals surface area contributed by atoms with Crippen molar-refractivity contribution in [3.8, 4) is 0 Å². The standard InChI is InChI=1S/C15H25N3OS2/c1-5-7-15(8-6-2,13(16)20)14(19)18-11(4)12-17-10(3)9-21-12/h9,11H,5-8H2,1-4H3,(H2,16,20)(H,18,19). The second-order valence-electron chi connectivity index (χ2n) is 5.47. The fourth-order valence-corrected chi connectivity index (χ4v) is 3.63. The lowest BCUT2D eigenvalue weighted by Crippen LogP contribution is -2.49. The van der Waals surface area contributed by atoms with Crippen LogP contribution in [-0.4, -0.2) is 15.9 Å². The van der Waals surface area contributed by atoms with Crippen LogP contribution in [0.1, 0.15) is 63.2 Å². The first kappa shape index (κ1) is 18.0. The summed E-state index contributed by atoms with van der Waals surface area (Å²) in [7, 11) is 0. The van der Waals surface area contributed by atoms with Crippen molar-refractivity contribution in [3.05, 3.63) is 16.1 Å². The van der Waals surface area contributed by atoms with E-state index in [9.17, 15) is 4.79 Å². The van der Waals surface area contributed by atoms with Crippen molar-refractivity contribution in [2.75, 3.05) is 0 Å². The van der Waals surface area contributed by atoms with Crippen LogP contribution in [-0.2, 0) is 4.79 Å². The third-order valence-corrected chi connectivity index (χ3v) is 5.15. The van der Waals surface area contributed by atoms with E-state index in [1.807, 2.05) is 33.1 Å². The van der Waals surface area contributed by atoms with Gasteiger partial charge in [-0.2, -0.15) is 0 Å². The summed E-state index contributed by atoms with van der Waals surface area (Å²) in [6.45, 7) is 7.98. The lowest BCUT2D eigenvalue weighted by Gasteiger charge is -2.32. The molecule has 1 rings (SSSR count). The maximum absolute atomic E-state index is 12.8. The van der Waals surface area contributed by atoms with Gasteiger partial charge in [0, 0.05) is 11.1 Å². The molecule has 0 radical (unpaired) electrons. The lowest BCUT2D eigenvalue weighted by atomic mass is 9.78. The molecule has 0 saturated carbocycles. The number of carbonyl (C=O) groups is 1. The molecule has 1 unspecified atom stereocenters. The maximum atomic E-state index is 12.8. The number of aryl methyl sites for hydroxylation is 1. The zero-order valence-corrected chi connectivity index (χ0v) is 14.9. The van der Waals surface area contributed by atoms with Gasteiger partial charge in [-0.3, -0.25) is 4.79 Å². The molecule has 0 aliphatic heterocycles. The van der Waals surface area contributed by atoms with Gasteiger partial charge in [-0.05, 0) is 26.7 Å². The Hall–Kier alpha value is -1.01. The van der Waals surface area contributed by atoms with Crippen LogP contribution in [0, 0.1) is 12.3 Å². The highest BCUT2D eigenvalue weighted by molar-refractivity contribution is 7.80. The Morgan fingerprint density at radius 3 is 2.43 bits per heavy atom. The van der Waals surface area contributed by atoms with E-state index >= 15 is 0 Å². The molecule has 3 N–H and O–H groups in total. The van der Waals surface area contributed by atoms with E-state index in [1.54, 1.807) is 11.3 Å². The minimum absolute atomic E-state index is 0.0703. The summed E-state index contributed by atoms with van der Waals surface area (Å²) < 4.78 is 0. The van der Waals surface area contributed by atoms with Gasteiger partial charge in [0.15, 0.2) is 0 Å². The van der Waals surface area contributed by atoms with Crippen LogP contribution < -0.4 is 11.1 Å². The first-order valence-electron chi connectivity index (χ1n) is 7.40. The van der Waals surface area contributed by atoms with Gasteiger partial charge in [0.25, 0.3) is 0 Å². The van der Waals surface area contributed by atoms with Crippen molar-refractivity contribution in [1.29, 1.82) is 0 Å². The average molecular weight is 328 g/mol. The van der Waals surface area contributed by atoms with Crippen molar-refractivity contribution in [2.24, 2.45) is 11.1 Å². The second-order valence-corrected chi connectivity index (χ2v) is 6.80. The predicted molar refractivity (Wildman–Crippen MR) is 92.4 cm³/mol. The van der Waals surface area contributed by atoms with Crippen LogP contribution in [0.15, 0.2) is 5.38 Å². The van der Waals surface area contributed by atoms with Gasteiger partial charge >= 0.3 is 0 Å². The summed E-state index contributed by atoms with van der Waals surface area (Å²) in [6, 6.07) is -0.126.